The van der Waals surface area contributed by atoms with Crippen LogP contribution in [0.4, 0.5) is 5.69 Å². The number of esters is 1. The van der Waals surface area contributed by atoms with Crippen molar-refractivity contribution in [3.05, 3.63) is 59.9 Å². The van der Waals surface area contributed by atoms with Crippen LogP contribution < -0.4 is 5.32 Å². The highest BCUT2D eigenvalue weighted by Gasteiger charge is 2.08. The molecule has 20 heavy (non-hydrogen) atoms. The molecule has 0 bridgehead atoms. The molecule has 6 heteroatoms. The van der Waals surface area contributed by atoms with Gasteiger partial charge in [0.1, 0.15) is 0 Å². The number of nitrogens with zero attached hydrogens (tertiary/aromatic N) is 1. The molecule has 1 heterocycles. The molecule has 0 aliphatic rings. The minimum Gasteiger partial charge on any atom is -0.465 e. The van der Waals surface area contributed by atoms with Gasteiger partial charge in [0.05, 0.1) is 12.7 Å². The van der Waals surface area contributed by atoms with E-state index in [0.29, 0.717) is 16.8 Å². The van der Waals surface area contributed by atoms with E-state index in [4.69, 9.17) is 0 Å². The van der Waals surface area contributed by atoms with Crippen LogP contribution in [0.1, 0.15) is 20.7 Å². The predicted octanol–water partition coefficient (Wildman–Crippen LogP) is 2.54. The number of carbonyl (C=O) groups is 2. The number of amides is 1. The Morgan fingerprint density at radius 2 is 1.80 bits per heavy atom. The summed E-state index contributed by atoms with van der Waals surface area (Å²) in [7, 11) is 1.31. The predicted molar refractivity (Wildman–Crippen MR) is 77.2 cm³/mol. The Bertz CT molecular complexity index is 602. The summed E-state index contributed by atoms with van der Waals surface area (Å²) in [6.45, 7) is 0. The zero-order valence-electron chi connectivity index (χ0n) is 10.7. The Kier molecular flexibility index (Phi) is 5.68. The lowest BCUT2D eigenvalue weighted by Gasteiger charge is -2.06. The highest BCUT2D eigenvalue weighted by molar-refractivity contribution is 6.04. The number of anilines is 1. The van der Waals surface area contributed by atoms with E-state index in [9.17, 15) is 9.59 Å². The highest BCUT2D eigenvalue weighted by Crippen LogP contribution is 2.12. The monoisotopic (exact) mass is 292 g/mol. The first-order valence-corrected chi connectivity index (χ1v) is 5.60. The van der Waals surface area contributed by atoms with Crippen molar-refractivity contribution >= 4 is 30.0 Å². The van der Waals surface area contributed by atoms with E-state index in [1.807, 2.05) is 0 Å². The van der Waals surface area contributed by atoms with Crippen LogP contribution in [-0.2, 0) is 4.74 Å². The number of hydrogen-bond acceptors (Lipinski definition) is 4. The van der Waals surface area contributed by atoms with Crippen molar-refractivity contribution < 1.29 is 14.3 Å². The number of rotatable bonds is 3. The second kappa shape index (κ2) is 7.25. The second-order valence-electron chi connectivity index (χ2n) is 3.76. The topological polar surface area (TPSA) is 68.3 Å². The quantitative estimate of drug-likeness (QED) is 0.883. The van der Waals surface area contributed by atoms with Gasteiger partial charge in [-0.05, 0) is 30.3 Å². The Hall–Kier alpha value is -2.40. The van der Waals surface area contributed by atoms with E-state index in [-0.39, 0.29) is 18.3 Å². The third-order valence-corrected chi connectivity index (χ3v) is 2.48. The fourth-order valence-electron chi connectivity index (χ4n) is 1.55. The molecule has 0 fully saturated rings. The maximum atomic E-state index is 11.9. The molecular formula is C14H13ClN2O3. The summed E-state index contributed by atoms with van der Waals surface area (Å²) >= 11 is 0. The second-order valence-corrected chi connectivity index (χ2v) is 3.76. The summed E-state index contributed by atoms with van der Waals surface area (Å²) in [4.78, 5) is 27.1. The number of halogens is 1. The average molecular weight is 293 g/mol. The van der Waals surface area contributed by atoms with E-state index >= 15 is 0 Å². The molecule has 1 aromatic carbocycles. The van der Waals surface area contributed by atoms with Crippen LogP contribution in [-0.4, -0.2) is 24.0 Å². The smallest absolute Gasteiger partial charge is 0.337 e. The zero-order chi connectivity index (χ0) is 13.7. The van der Waals surface area contributed by atoms with Crippen molar-refractivity contribution in [1.29, 1.82) is 0 Å². The fourth-order valence-corrected chi connectivity index (χ4v) is 1.55. The molecule has 2 aromatic rings. The molecular weight excluding hydrogens is 280 g/mol. The Morgan fingerprint density at radius 3 is 2.45 bits per heavy atom. The first-order chi connectivity index (χ1) is 9.20. The van der Waals surface area contributed by atoms with Gasteiger partial charge in [-0.25, -0.2) is 4.79 Å². The molecule has 0 aliphatic heterocycles. The third kappa shape index (κ3) is 3.80. The maximum Gasteiger partial charge on any atom is 0.337 e. The van der Waals surface area contributed by atoms with Gasteiger partial charge in [0, 0.05) is 23.6 Å². The van der Waals surface area contributed by atoms with Crippen LogP contribution in [0.5, 0.6) is 0 Å². The van der Waals surface area contributed by atoms with Gasteiger partial charge >= 0.3 is 5.97 Å². The minimum atomic E-state index is -0.444. The summed E-state index contributed by atoms with van der Waals surface area (Å²) in [5, 5.41) is 2.70. The van der Waals surface area contributed by atoms with Gasteiger partial charge in [-0.3, -0.25) is 9.78 Å². The van der Waals surface area contributed by atoms with Gasteiger partial charge in [-0.2, -0.15) is 0 Å². The summed E-state index contributed by atoms with van der Waals surface area (Å²) in [5.74, 6) is -0.704. The van der Waals surface area contributed by atoms with Gasteiger partial charge in [0.15, 0.2) is 0 Å². The van der Waals surface area contributed by atoms with Gasteiger partial charge in [-0.15, -0.1) is 12.4 Å². The molecule has 0 saturated carbocycles. The molecule has 1 amide bonds. The van der Waals surface area contributed by atoms with Crippen molar-refractivity contribution in [2.24, 2.45) is 0 Å². The summed E-state index contributed by atoms with van der Waals surface area (Å²) in [5.41, 5.74) is 1.42. The van der Waals surface area contributed by atoms with Crippen LogP contribution in [0.15, 0.2) is 48.8 Å². The van der Waals surface area contributed by atoms with Gasteiger partial charge in [0.25, 0.3) is 5.91 Å². The van der Waals surface area contributed by atoms with E-state index in [2.05, 4.69) is 15.0 Å². The molecule has 1 aromatic heterocycles. The van der Waals surface area contributed by atoms with Crippen molar-refractivity contribution in [1.82, 2.24) is 4.98 Å². The number of methoxy groups -OCH3 is 1. The van der Waals surface area contributed by atoms with E-state index < -0.39 is 5.97 Å². The number of aromatic nitrogens is 1. The fraction of sp³-hybridized carbons (Fsp3) is 0.0714. The summed E-state index contributed by atoms with van der Waals surface area (Å²) < 4.78 is 4.62. The average Bonchev–Trinajstić information content (AvgIpc) is 2.47. The summed E-state index contributed by atoms with van der Waals surface area (Å²) in [6.07, 6.45) is 3.08. The molecule has 0 atom stereocenters. The number of hydrogen-bond donors (Lipinski definition) is 1. The Labute approximate surface area is 122 Å². The van der Waals surface area contributed by atoms with Crippen LogP contribution in [0.3, 0.4) is 0 Å². The van der Waals surface area contributed by atoms with Crippen molar-refractivity contribution in [3.8, 4) is 0 Å². The maximum absolute atomic E-state index is 11.9. The molecule has 0 radical (unpaired) electrons. The number of ether oxygens (including phenoxy) is 1. The first-order valence-electron chi connectivity index (χ1n) is 5.60. The lowest BCUT2D eigenvalue weighted by Crippen LogP contribution is -2.12. The normalized spacial score (nSPS) is 9.25. The van der Waals surface area contributed by atoms with Gasteiger partial charge in [-0.1, -0.05) is 6.07 Å². The standard InChI is InChI=1S/C14H12N2O3.ClH/c1-19-14(18)11-3-2-4-12(9-11)16-13(17)10-5-7-15-8-6-10;/h2-9H,1H3,(H,16,17);1H. The lowest BCUT2D eigenvalue weighted by molar-refractivity contribution is 0.0600. The third-order valence-electron chi connectivity index (χ3n) is 2.48. The molecule has 0 saturated heterocycles. The zero-order valence-corrected chi connectivity index (χ0v) is 11.5. The molecule has 104 valence electrons. The number of nitrogens with one attached hydrogen (secondary N) is 1. The van der Waals surface area contributed by atoms with Crippen LogP contribution in [0.25, 0.3) is 0 Å². The van der Waals surface area contributed by atoms with E-state index in [0.717, 1.165) is 0 Å². The molecule has 2 rings (SSSR count). The Morgan fingerprint density at radius 1 is 1.10 bits per heavy atom. The molecule has 0 unspecified atom stereocenters. The SMILES string of the molecule is COC(=O)c1cccc(NC(=O)c2ccncc2)c1.Cl. The van der Waals surface area contributed by atoms with E-state index in [1.165, 1.54) is 7.11 Å². The van der Waals surface area contributed by atoms with Gasteiger partial charge in [0.2, 0.25) is 0 Å². The highest BCUT2D eigenvalue weighted by atomic mass is 35.5. The van der Waals surface area contributed by atoms with Crippen molar-refractivity contribution in [3.63, 3.8) is 0 Å². The van der Waals surface area contributed by atoms with E-state index in [1.54, 1.807) is 48.8 Å². The molecule has 5 nitrogen and oxygen atoms in total. The minimum absolute atomic E-state index is 0. The first kappa shape index (κ1) is 15.7. The van der Waals surface area contributed by atoms with Crippen LogP contribution in [0.2, 0.25) is 0 Å². The number of benzene rings is 1. The van der Waals surface area contributed by atoms with Crippen molar-refractivity contribution in [2.75, 3.05) is 12.4 Å². The molecule has 0 aliphatic carbocycles. The van der Waals surface area contributed by atoms with Crippen molar-refractivity contribution in [2.45, 2.75) is 0 Å². The summed E-state index contributed by atoms with van der Waals surface area (Å²) in [6, 6.07) is 9.78. The van der Waals surface area contributed by atoms with Crippen LogP contribution in [0, 0.1) is 0 Å². The molecule has 1 N–H and O–H groups in total. The molecule has 0 spiro atoms. The Balaban J connectivity index is 0.00000200. The number of pyridine rings is 1. The largest absolute Gasteiger partial charge is 0.465 e. The van der Waals surface area contributed by atoms with Crippen LogP contribution >= 0.6 is 12.4 Å². The lowest BCUT2D eigenvalue weighted by atomic mass is 10.2. The van der Waals surface area contributed by atoms with Gasteiger partial charge < -0.3 is 10.1 Å². The number of carbonyl (C=O) groups excluding carboxylic acids is 2.